The van der Waals surface area contributed by atoms with Crippen molar-refractivity contribution in [3.8, 4) is 0 Å². The molecule has 0 bridgehead atoms. The molecule has 60 valence electrons. The Morgan fingerprint density at radius 2 is 2.27 bits per heavy atom. The maximum atomic E-state index is 11.8. The van der Waals surface area contributed by atoms with Gasteiger partial charge in [-0.2, -0.15) is 0 Å². The summed E-state index contributed by atoms with van der Waals surface area (Å²) in [6, 6.07) is 3.41. The van der Waals surface area contributed by atoms with Gasteiger partial charge in [0.05, 0.1) is 10.4 Å². The summed E-state index contributed by atoms with van der Waals surface area (Å²) in [6.45, 7) is -0.482. The first-order chi connectivity index (χ1) is 5.24. The van der Waals surface area contributed by atoms with Crippen LogP contribution in [0, 0.1) is 3.70 Å². The summed E-state index contributed by atoms with van der Waals surface area (Å²) in [6.07, 6.45) is 0.201. The van der Waals surface area contributed by atoms with Crippen LogP contribution in [0.15, 0.2) is 16.9 Å². The van der Waals surface area contributed by atoms with Crippen molar-refractivity contribution in [3.05, 3.63) is 31.8 Å². The molecule has 0 unspecified atom stereocenters. The fourth-order valence-corrected chi connectivity index (χ4v) is 1.20. The molecule has 1 aromatic rings. The van der Waals surface area contributed by atoms with Gasteiger partial charge in [0, 0.05) is 12.0 Å². The lowest BCUT2D eigenvalue weighted by molar-refractivity contribution is 0.494. The third kappa shape index (κ3) is 2.28. The molecule has 1 heterocycles. The highest BCUT2D eigenvalue weighted by atomic mass is 127. The van der Waals surface area contributed by atoms with Gasteiger partial charge < -0.3 is 4.98 Å². The Kier molecular flexibility index (Phi) is 3.04. The van der Waals surface area contributed by atoms with E-state index in [9.17, 15) is 9.18 Å². The number of hydrogen-bond donors (Lipinski definition) is 1. The molecule has 0 saturated heterocycles. The number of aromatic nitrogens is 1. The Morgan fingerprint density at radius 3 is 2.82 bits per heavy atom. The van der Waals surface area contributed by atoms with Crippen molar-refractivity contribution in [3.63, 3.8) is 0 Å². The molecule has 1 N–H and O–H groups in total. The quantitative estimate of drug-likeness (QED) is 0.639. The minimum Gasteiger partial charge on any atom is -0.317 e. The lowest BCUT2D eigenvalue weighted by Crippen LogP contribution is -2.13. The first-order valence-electron chi connectivity index (χ1n) is 3.17. The number of hydrogen-bond acceptors (Lipinski definition) is 1. The Balaban J connectivity index is 3.00. The van der Waals surface area contributed by atoms with Gasteiger partial charge in [-0.25, -0.2) is 0 Å². The second-order valence-corrected chi connectivity index (χ2v) is 3.26. The number of rotatable bonds is 2. The maximum absolute atomic E-state index is 11.8. The summed E-state index contributed by atoms with van der Waals surface area (Å²) >= 11 is 2.00. The molecule has 0 aliphatic heterocycles. The standard InChI is InChI=1S/C7H7FINO/c8-4-3-5-1-2-6(9)10-7(5)11/h1-2H,3-4H2,(H,10,11). The monoisotopic (exact) mass is 267 g/mol. The molecule has 0 aromatic carbocycles. The Labute approximate surface area is 77.0 Å². The van der Waals surface area contributed by atoms with E-state index in [1.165, 1.54) is 0 Å². The van der Waals surface area contributed by atoms with E-state index in [-0.39, 0.29) is 12.0 Å². The second-order valence-electron chi connectivity index (χ2n) is 2.10. The predicted molar refractivity (Wildman–Crippen MR) is 49.5 cm³/mol. The van der Waals surface area contributed by atoms with Gasteiger partial charge in [0.25, 0.3) is 5.56 Å². The molecule has 0 aliphatic carbocycles. The minimum absolute atomic E-state index is 0.186. The van der Waals surface area contributed by atoms with Crippen LogP contribution < -0.4 is 5.56 Å². The Hall–Kier alpha value is -0.390. The van der Waals surface area contributed by atoms with E-state index < -0.39 is 6.67 Å². The predicted octanol–water partition coefficient (Wildman–Crippen LogP) is 1.49. The van der Waals surface area contributed by atoms with E-state index >= 15 is 0 Å². The Morgan fingerprint density at radius 1 is 1.55 bits per heavy atom. The number of alkyl halides is 1. The molecule has 0 atom stereocenters. The molecule has 0 spiro atoms. The average Bonchev–Trinajstić information content (AvgIpc) is 1.95. The van der Waals surface area contributed by atoms with E-state index in [0.717, 1.165) is 3.70 Å². The zero-order chi connectivity index (χ0) is 8.27. The molecule has 4 heteroatoms. The van der Waals surface area contributed by atoms with Gasteiger partial charge in [0.2, 0.25) is 0 Å². The molecule has 11 heavy (non-hydrogen) atoms. The number of aryl methyl sites for hydroxylation is 1. The fourth-order valence-electron chi connectivity index (χ4n) is 0.779. The lowest BCUT2D eigenvalue weighted by atomic mass is 10.2. The van der Waals surface area contributed by atoms with E-state index in [4.69, 9.17) is 0 Å². The highest BCUT2D eigenvalue weighted by Crippen LogP contribution is 1.98. The van der Waals surface area contributed by atoms with Gasteiger partial charge in [-0.05, 0) is 28.7 Å². The summed E-state index contributed by atoms with van der Waals surface area (Å²) in [5.41, 5.74) is 0.322. The first kappa shape index (κ1) is 8.70. The number of pyridine rings is 1. The van der Waals surface area contributed by atoms with Crippen molar-refractivity contribution in [1.82, 2.24) is 4.98 Å². The van der Waals surface area contributed by atoms with Crippen LogP contribution in [0.4, 0.5) is 4.39 Å². The number of H-pyrrole nitrogens is 1. The molecule has 0 radical (unpaired) electrons. The third-order valence-corrected chi connectivity index (χ3v) is 1.95. The van der Waals surface area contributed by atoms with Crippen LogP contribution in [0.2, 0.25) is 0 Å². The first-order valence-corrected chi connectivity index (χ1v) is 4.25. The highest BCUT2D eigenvalue weighted by Gasteiger charge is 1.98. The number of nitrogens with one attached hydrogen (secondary N) is 1. The molecule has 2 nitrogen and oxygen atoms in total. The SMILES string of the molecule is O=c1[nH]c(I)ccc1CCF. The number of aromatic amines is 1. The van der Waals surface area contributed by atoms with E-state index in [0.29, 0.717) is 5.56 Å². The van der Waals surface area contributed by atoms with Crippen LogP contribution in [-0.2, 0) is 6.42 Å². The van der Waals surface area contributed by atoms with Crippen molar-refractivity contribution in [2.75, 3.05) is 6.67 Å². The van der Waals surface area contributed by atoms with Crippen molar-refractivity contribution < 1.29 is 4.39 Å². The van der Waals surface area contributed by atoms with Gasteiger partial charge in [-0.1, -0.05) is 6.07 Å². The molecule has 0 amide bonds. The highest BCUT2D eigenvalue weighted by molar-refractivity contribution is 14.1. The van der Waals surface area contributed by atoms with Crippen LogP contribution in [-0.4, -0.2) is 11.7 Å². The normalized spacial score (nSPS) is 10.0. The smallest absolute Gasteiger partial charge is 0.252 e. The van der Waals surface area contributed by atoms with E-state index in [2.05, 4.69) is 4.98 Å². The van der Waals surface area contributed by atoms with Gasteiger partial charge in [-0.3, -0.25) is 9.18 Å². The second kappa shape index (κ2) is 3.85. The summed E-state index contributed by atoms with van der Waals surface area (Å²) < 4.78 is 12.6. The van der Waals surface area contributed by atoms with Gasteiger partial charge in [0.15, 0.2) is 0 Å². The number of halogens is 2. The van der Waals surface area contributed by atoms with Crippen molar-refractivity contribution in [1.29, 1.82) is 0 Å². The fraction of sp³-hybridized carbons (Fsp3) is 0.286. The van der Waals surface area contributed by atoms with Gasteiger partial charge >= 0.3 is 0 Å². The van der Waals surface area contributed by atoms with Crippen LogP contribution in [0.1, 0.15) is 5.56 Å². The van der Waals surface area contributed by atoms with Crippen molar-refractivity contribution in [2.45, 2.75) is 6.42 Å². The summed E-state index contributed by atoms with van der Waals surface area (Å²) in [5, 5.41) is 0. The molecule has 1 aromatic heterocycles. The average molecular weight is 267 g/mol. The Bertz CT molecular complexity index is 297. The van der Waals surface area contributed by atoms with E-state index in [1.807, 2.05) is 22.6 Å². The third-order valence-electron chi connectivity index (χ3n) is 1.32. The molecule has 0 fully saturated rings. The van der Waals surface area contributed by atoms with Crippen molar-refractivity contribution >= 4 is 22.6 Å². The minimum atomic E-state index is -0.482. The lowest BCUT2D eigenvalue weighted by Gasteiger charge is -1.95. The largest absolute Gasteiger partial charge is 0.317 e. The summed E-state index contributed by atoms with van der Waals surface area (Å²) in [7, 11) is 0. The van der Waals surface area contributed by atoms with Crippen LogP contribution in [0.25, 0.3) is 0 Å². The van der Waals surface area contributed by atoms with Gasteiger partial charge in [0.1, 0.15) is 0 Å². The summed E-state index contributed by atoms with van der Waals surface area (Å²) in [4.78, 5) is 13.6. The maximum Gasteiger partial charge on any atom is 0.252 e. The topological polar surface area (TPSA) is 32.9 Å². The molecular formula is C7H7FINO. The van der Waals surface area contributed by atoms with Crippen LogP contribution >= 0.6 is 22.6 Å². The van der Waals surface area contributed by atoms with Crippen LogP contribution in [0.5, 0.6) is 0 Å². The zero-order valence-corrected chi connectivity index (χ0v) is 7.89. The van der Waals surface area contributed by atoms with Crippen molar-refractivity contribution in [2.24, 2.45) is 0 Å². The molecule has 1 rings (SSSR count). The summed E-state index contributed by atoms with van der Waals surface area (Å²) in [5.74, 6) is 0. The zero-order valence-electron chi connectivity index (χ0n) is 5.73. The van der Waals surface area contributed by atoms with E-state index in [1.54, 1.807) is 12.1 Å². The van der Waals surface area contributed by atoms with Gasteiger partial charge in [-0.15, -0.1) is 0 Å². The molecular weight excluding hydrogens is 260 g/mol. The van der Waals surface area contributed by atoms with Crippen LogP contribution in [0.3, 0.4) is 0 Å². The molecule has 0 aliphatic rings. The molecule has 0 saturated carbocycles.